The Morgan fingerprint density at radius 3 is 2.92 bits per heavy atom. The molecule has 0 radical (unpaired) electrons. The first kappa shape index (κ1) is 9.42. The normalized spacial score (nSPS) is 13.0. The summed E-state index contributed by atoms with van der Waals surface area (Å²) in [5.74, 6) is -0.649. The maximum atomic E-state index is 12.6. The second-order valence-electron chi connectivity index (χ2n) is 2.56. The first-order valence-electron chi connectivity index (χ1n) is 3.71. The van der Waals surface area contributed by atoms with E-state index in [9.17, 15) is 4.39 Å². The summed E-state index contributed by atoms with van der Waals surface area (Å²) in [5, 5.41) is 0.0244. The third-order valence-corrected chi connectivity index (χ3v) is 1.95. The lowest BCUT2D eigenvalue weighted by Crippen LogP contribution is -2.09. The van der Waals surface area contributed by atoms with Crippen LogP contribution in [-0.2, 0) is 0 Å². The molecule has 1 aromatic heterocycles. The molecule has 0 bridgehead atoms. The minimum atomic E-state index is -0.649. The summed E-state index contributed by atoms with van der Waals surface area (Å²) in [5.41, 5.74) is 6.46. The summed E-state index contributed by atoms with van der Waals surface area (Å²) in [4.78, 5) is 3.47. The molecule has 1 rings (SSSR count). The lowest BCUT2D eigenvalue weighted by molar-refractivity contribution is 0.579. The van der Waals surface area contributed by atoms with Crippen molar-refractivity contribution in [1.82, 2.24) is 4.98 Å². The molecule has 2 N–H and O–H groups in total. The van der Waals surface area contributed by atoms with Gasteiger partial charge in [-0.1, -0.05) is 18.5 Å². The minimum Gasteiger partial charge on any atom is -0.324 e. The Hall–Kier alpha value is -0.670. The SMILES string of the molecule is CC[C@H](N)c1cnc(F)c(Cl)c1. The number of nitrogens with zero attached hydrogens (tertiary/aromatic N) is 1. The second-order valence-corrected chi connectivity index (χ2v) is 2.96. The Labute approximate surface area is 75.6 Å². The Morgan fingerprint density at radius 2 is 2.42 bits per heavy atom. The number of nitrogens with two attached hydrogens (primary N) is 1. The van der Waals surface area contributed by atoms with E-state index in [2.05, 4.69) is 4.98 Å². The van der Waals surface area contributed by atoms with Crippen molar-refractivity contribution in [3.8, 4) is 0 Å². The van der Waals surface area contributed by atoms with Crippen LogP contribution in [0.1, 0.15) is 24.9 Å². The molecule has 1 atom stereocenters. The zero-order chi connectivity index (χ0) is 9.14. The van der Waals surface area contributed by atoms with Crippen molar-refractivity contribution in [1.29, 1.82) is 0 Å². The molecule has 4 heteroatoms. The van der Waals surface area contributed by atoms with Gasteiger partial charge in [-0.2, -0.15) is 4.39 Å². The predicted octanol–water partition coefficient (Wildman–Crippen LogP) is 2.28. The van der Waals surface area contributed by atoms with E-state index in [1.165, 1.54) is 12.3 Å². The zero-order valence-electron chi connectivity index (χ0n) is 6.72. The third kappa shape index (κ3) is 1.93. The molecule has 0 aliphatic heterocycles. The molecule has 12 heavy (non-hydrogen) atoms. The van der Waals surface area contributed by atoms with Crippen LogP contribution in [0.25, 0.3) is 0 Å². The van der Waals surface area contributed by atoms with Crippen LogP contribution in [0.5, 0.6) is 0 Å². The fraction of sp³-hybridized carbons (Fsp3) is 0.375. The number of hydrogen-bond acceptors (Lipinski definition) is 2. The van der Waals surface area contributed by atoms with Gasteiger partial charge >= 0.3 is 0 Å². The summed E-state index contributed by atoms with van der Waals surface area (Å²) in [6.45, 7) is 1.95. The van der Waals surface area contributed by atoms with E-state index in [1.807, 2.05) is 6.92 Å². The van der Waals surface area contributed by atoms with Crippen LogP contribution >= 0.6 is 11.6 Å². The third-order valence-electron chi connectivity index (χ3n) is 1.69. The zero-order valence-corrected chi connectivity index (χ0v) is 7.48. The minimum absolute atomic E-state index is 0.0244. The topological polar surface area (TPSA) is 38.9 Å². The van der Waals surface area contributed by atoms with Crippen molar-refractivity contribution in [3.05, 3.63) is 28.8 Å². The molecular formula is C8H10ClFN2. The van der Waals surface area contributed by atoms with Crippen molar-refractivity contribution in [2.75, 3.05) is 0 Å². The molecular weight excluding hydrogens is 179 g/mol. The standard InChI is InChI=1S/C8H10ClFN2/c1-2-7(11)5-3-6(9)8(10)12-4-5/h3-4,7H,2,11H2,1H3/t7-/m0/s1. The quantitative estimate of drug-likeness (QED) is 0.724. The fourth-order valence-corrected chi connectivity index (χ4v) is 1.05. The van der Waals surface area contributed by atoms with Crippen molar-refractivity contribution < 1.29 is 4.39 Å². The van der Waals surface area contributed by atoms with Crippen molar-refractivity contribution in [3.63, 3.8) is 0 Å². The van der Waals surface area contributed by atoms with E-state index in [0.29, 0.717) is 0 Å². The number of halogens is 2. The average molecular weight is 189 g/mol. The lowest BCUT2D eigenvalue weighted by Gasteiger charge is -2.08. The van der Waals surface area contributed by atoms with Gasteiger partial charge in [-0.3, -0.25) is 0 Å². The average Bonchev–Trinajstić information content (AvgIpc) is 2.08. The highest BCUT2D eigenvalue weighted by Gasteiger charge is 2.07. The number of aromatic nitrogens is 1. The number of pyridine rings is 1. The Balaban J connectivity index is 2.96. The lowest BCUT2D eigenvalue weighted by atomic mass is 10.1. The molecule has 0 aliphatic rings. The molecule has 0 aliphatic carbocycles. The van der Waals surface area contributed by atoms with Crippen LogP contribution in [-0.4, -0.2) is 4.98 Å². The highest BCUT2D eigenvalue weighted by Crippen LogP contribution is 2.18. The van der Waals surface area contributed by atoms with Crippen molar-refractivity contribution in [2.45, 2.75) is 19.4 Å². The molecule has 2 nitrogen and oxygen atoms in total. The predicted molar refractivity (Wildman–Crippen MR) is 46.4 cm³/mol. The van der Waals surface area contributed by atoms with E-state index in [-0.39, 0.29) is 11.1 Å². The van der Waals surface area contributed by atoms with Crippen LogP contribution in [0.3, 0.4) is 0 Å². The summed E-state index contributed by atoms with van der Waals surface area (Å²) < 4.78 is 12.6. The van der Waals surface area contributed by atoms with Gasteiger partial charge in [0.25, 0.3) is 0 Å². The van der Waals surface area contributed by atoms with Crippen molar-refractivity contribution in [2.24, 2.45) is 5.73 Å². The molecule has 0 saturated carbocycles. The van der Waals surface area contributed by atoms with Gasteiger partial charge < -0.3 is 5.73 Å². The maximum Gasteiger partial charge on any atom is 0.231 e. The van der Waals surface area contributed by atoms with Crippen LogP contribution < -0.4 is 5.73 Å². The Morgan fingerprint density at radius 1 is 1.75 bits per heavy atom. The molecule has 1 aromatic rings. The number of rotatable bonds is 2. The smallest absolute Gasteiger partial charge is 0.231 e. The van der Waals surface area contributed by atoms with Gasteiger partial charge in [0, 0.05) is 12.2 Å². The first-order chi connectivity index (χ1) is 5.65. The van der Waals surface area contributed by atoms with Gasteiger partial charge in [0.2, 0.25) is 5.95 Å². The fourth-order valence-electron chi connectivity index (χ4n) is 0.874. The first-order valence-corrected chi connectivity index (χ1v) is 4.09. The summed E-state index contributed by atoms with van der Waals surface area (Å²) in [6.07, 6.45) is 2.19. The molecule has 0 amide bonds. The highest BCUT2D eigenvalue weighted by molar-refractivity contribution is 6.30. The molecule has 0 aromatic carbocycles. The number of hydrogen-bond donors (Lipinski definition) is 1. The van der Waals surface area contributed by atoms with Gasteiger partial charge in [-0.05, 0) is 18.1 Å². The Kier molecular flexibility index (Phi) is 3.00. The van der Waals surface area contributed by atoms with Crippen LogP contribution in [0, 0.1) is 5.95 Å². The van der Waals surface area contributed by atoms with Gasteiger partial charge in [-0.15, -0.1) is 0 Å². The monoisotopic (exact) mass is 188 g/mol. The molecule has 0 unspecified atom stereocenters. The second kappa shape index (κ2) is 3.83. The van der Waals surface area contributed by atoms with Gasteiger partial charge in [0.15, 0.2) is 0 Å². The largest absolute Gasteiger partial charge is 0.324 e. The Bertz CT molecular complexity index is 278. The highest BCUT2D eigenvalue weighted by atomic mass is 35.5. The maximum absolute atomic E-state index is 12.6. The summed E-state index contributed by atoms with van der Waals surface area (Å²) in [6, 6.07) is 1.40. The van der Waals surface area contributed by atoms with E-state index in [1.54, 1.807) is 0 Å². The van der Waals surface area contributed by atoms with Gasteiger partial charge in [0.1, 0.15) is 0 Å². The van der Waals surface area contributed by atoms with Crippen LogP contribution in [0.2, 0.25) is 5.02 Å². The van der Waals surface area contributed by atoms with Crippen molar-refractivity contribution >= 4 is 11.6 Å². The summed E-state index contributed by atoms with van der Waals surface area (Å²) in [7, 11) is 0. The van der Waals surface area contributed by atoms with E-state index < -0.39 is 5.95 Å². The van der Waals surface area contributed by atoms with Crippen LogP contribution in [0.4, 0.5) is 4.39 Å². The molecule has 0 spiro atoms. The van der Waals surface area contributed by atoms with Crippen LogP contribution in [0.15, 0.2) is 12.3 Å². The molecule has 0 fully saturated rings. The van der Waals surface area contributed by atoms with E-state index in [4.69, 9.17) is 17.3 Å². The molecule has 1 heterocycles. The van der Waals surface area contributed by atoms with Gasteiger partial charge in [-0.25, -0.2) is 4.98 Å². The molecule has 66 valence electrons. The molecule has 0 saturated heterocycles. The van der Waals surface area contributed by atoms with E-state index >= 15 is 0 Å². The summed E-state index contributed by atoms with van der Waals surface area (Å²) >= 11 is 5.52. The van der Waals surface area contributed by atoms with E-state index in [0.717, 1.165) is 12.0 Å². The van der Waals surface area contributed by atoms with Gasteiger partial charge in [0.05, 0.1) is 5.02 Å².